The van der Waals surface area contributed by atoms with Crippen molar-refractivity contribution in [1.29, 1.82) is 5.41 Å². The Labute approximate surface area is 106 Å². The highest BCUT2D eigenvalue weighted by molar-refractivity contribution is 6.75. The second-order valence-electron chi connectivity index (χ2n) is 2.85. The van der Waals surface area contributed by atoms with Gasteiger partial charge in [-0.2, -0.15) is 0 Å². The lowest BCUT2D eigenvalue weighted by Crippen LogP contribution is -2.21. The summed E-state index contributed by atoms with van der Waals surface area (Å²) in [6, 6.07) is 2.97. The Morgan fingerprint density at radius 3 is 2.44 bits per heavy atom. The molecule has 0 heterocycles. The first-order chi connectivity index (χ1) is 7.30. The first-order valence-corrected chi connectivity index (χ1v) is 5.16. The molecule has 0 atom stereocenters. The van der Waals surface area contributed by atoms with Gasteiger partial charge in [-0.3, -0.25) is 5.41 Å². The zero-order chi connectivity index (χ0) is 12.3. The molecule has 0 spiro atoms. The van der Waals surface area contributed by atoms with E-state index in [0.717, 1.165) is 6.07 Å². The molecule has 1 rings (SSSR count). The summed E-state index contributed by atoms with van der Waals surface area (Å²) in [5.74, 6) is -2.10. The molecule has 0 amide bonds. The van der Waals surface area contributed by atoms with Gasteiger partial charge in [0.25, 0.3) is 3.79 Å². The molecule has 0 aliphatic carbocycles. The molecule has 0 bridgehead atoms. The van der Waals surface area contributed by atoms with Crippen LogP contribution in [0.2, 0.25) is 0 Å². The van der Waals surface area contributed by atoms with Gasteiger partial charge in [0, 0.05) is 11.6 Å². The summed E-state index contributed by atoms with van der Waals surface area (Å²) < 4.78 is 28.4. The number of benzene rings is 1. The molecule has 2 nitrogen and oxygen atoms in total. The largest absolute Gasteiger partial charge is 0.473 e. The monoisotopic (exact) mass is 287 g/mol. The van der Waals surface area contributed by atoms with Crippen LogP contribution in [0.3, 0.4) is 0 Å². The molecule has 0 aliphatic rings. The Bertz CT molecular complexity index is 406. The Balaban J connectivity index is 2.65. The van der Waals surface area contributed by atoms with Crippen LogP contribution in [0, 0.1) is 17.0 Å². The lowest BCUT2D eigenvalue weighted by molar-refractivity contribution is 0.277. The average molecular weight is 289 g/mol. The van der Waals surface area contributed by atoms with Crippen LogP contribution in [-0.4, -0.2) is 9.69 Å². The van der Waals surface area contributed by atoms with Crippen LogP contribution in [0.5, 0.6) is 0 Å². The van der Waals surface area contributed by atoms with E-state index in [4.69, 9.17) is 44.9 Å². The minimum atomic E-state index is -1.99. The van der Waals surface area contributed by atoms with Crippen LogP contribution < -0.4 is 0 Å². The maximum absolute atomic E-state index is 13.1. The van der Waals surface area contributed by atoms with Crippen molar-refractivity contribution in [2.24, 2.45) is 0 Å². The summed E-state index contributed by atoms with van der Waals surface area (Å²) in [4.78, 5) is 0. The number of hydrogen-bond acceptors (Lipinski definition) is 2. The van der Waals surface area contributed by atoms with Crippen molar-refractivity contribution in [1.82, 2.24) is 0 Å². The van der Waals surface area contributed by atoms with Crippen LogP contribution in [0.25, 0.3) is 0 Å². The highest BCUT2D eigenvalue weighted by Crippen LogP contribution is 2.28. The fraction of sp³-hybridized carbons (Fsp3) is 0.222. The molecule has 0 saturated heterocycles. The molecular formula is C9H6Cl3F2NO. The van der Waals surface area contributed by atoms with Crippen molar-refractivity contribution in [3.05, 3.63) is 35.4 Å². The molecule has 1 N–H and O–H groups in total. The van der Waals surface area contributed by atoms with E-state index in [2.05, 4.69) is 0 Å². The molecule has 1 aromatic carbocycles. The second kappa shape index (κ2) is 5.17. The Morgan fingerprint density at radius 2 is 1.94 bits per heavy atom. The minimum Gasteiger partial charge on any atom is -0.473 e. The van der Waals surface area contributed by atoms with Crippen molar-refractivity contribution < 1.29 is 13.5 Å². The summed E-state index contributed by atoms with van der Waals surface area (Å²) in [6.07, 6.45) is 0. The first kappa shape index (κ1) is 13.5. The molecule has 1 aromatic rings. The normalized spacial score (nSPS) is 11.3. The molecular weight excluding hydrogens is 282 g/mol. The quantitative estimate of drug-likeness (QED) is 0.501. The van der Waals surface area contributed by atoms with Crippen molar-refractivity contribution in [2.45, 2.75) is 10.4 Å². The van der Waals surface area contributed by atoms with Crippen molar-refractivity contribution >= 4 is 40.7 Å². The van der Waals surface area contributed by atoms with Gasteiger partial charge in [0.2, 0.25) is 5.90 Å². The molecule has 0 radical (unpaired) electrons. The zero-order valence-corrected chi connectivity index (χ0v) is 10.0. The van der Waals surface area contributed by atoms with E-state index in [-0.39, 0.29) is 12.2 Å². The third-order valence-corrected chi connectivity index (χ3v) is 2.16. The first-order valence-electron chi connectivity index (χ1n) is 4.03. The topological polar surface area (TPSA) is 33.1 Å². The average Bonchev–Trinajstić information content (AvgIpc) is 2.14. The minimum absolute atomic E-state index is 0.0698. The van der Waals surface area contributed by atoms with Gasteiger partial charge in [-0.15, -0.1) is 0 Å². The predicted octanol–water partition coefficient (Wildman–Crippen LogP) is 3.83. The molecule has 0 aromatic heterocycles. The second-order valence-corrected chi connectivity index (χ2v) is 5.13. The summed E-state index contributed by atoms with van der Waals surface area (Å²) in [5, 5.41) is 7.19. The van der Waals surface area contributed by atoms with Crippen LogP contribution >= 0.6 is 34.8 Å². The molecule has 0 saturated carbocycles. The van der Waals surface area contributed by atoms with E-state index >= 15 is 0 Å². The van der Waals surface area contributed by atoms with Gasteiger partial charge in [0.15, 0.2) is 0 Å². The van der Waals surface area contributed by atoms with Crippen molar-refractivity contribution in [2.75, 3.05) is 0 Å². The Hall–Kier alpha value is -0.580. The van der Waals surface area contributed by atoms with E-state index < -0.39 is 21.3 Å². The lowest BCUT2D eigenvalue weighted by Gasteiger charge is -2.13. The lowest BCUT2D eigenvalue weighted by atomic mass is 10.2. The molecule has 7 heteroatoms. The maximum atomic E-state index is 13.1. The zero-order valence-electron chi connectivity index (χ0n) is 7.74. The summed E-state index contributed by atoms with van der Waals surface area (Å²) in [5.41, 5.74) is 0.0698. The van der Waals surface area contributed by atoms with E-state index in [9.17, 15) is 8.78 Å². The number of nitrogens with one attached hydrogen (secondary N) is 1. The highest BCUT2D eigenvalue weighted by atomic mass is 35.6. The molecule has 0 unspecified atom stereocenters. The fourth-order valence-electron chi connectivity index (χ4n) is 0.870. The molecule has 16 heavy (non-hydrogen) atoms. The third kappa shape index (κ3) is 3.77. The number of ether oxygens (including phenoxy) is 1. The van der Waals surface area contributed by atoms with Gasteiger partial charge in [0.05, 0.1) is 0 Å². The standard InChI is InChI=1S/C9H6Cl3F2NO/c10-9(11,12)8(15)16-4-5-1-2-6(13)3-7(5)14/h1-3,15H,4H2. The smallest absolute Gasteiger partial charge is 0.265 e. The number of alkyl halides is 3. The van der Waals surface area contributed by atoms with Gasteiger partial charge in [-0.05, 0) is 12.1 Å². The highest BCUT2D eigenvalue weighted by Gasteiger charge is 2.28. The van der Waals surface area contributed by atoms with Gasteiger partial charge in [0.1, 0.15) is 18.2 Å². The predicted molar refractivity (Wildman–Crippen MR) is 59.2 cm³/mol. The van der Waals surface area contributed by atoms with E-state index in [1.807, 2.05) is 0 Å². The van der Waals surface area contributed by atoms with Crippen molar-refractivity contribution in [3.8, 4) is 0 Å². The fourth-order valence-corrected chi connectivity index (χ4v) is 1.03. The van der Waals surface area contributed by atoms with Gasteiger partial charge in [-0.25, -0.2) is 8.78 Å². The van der Waals surface area contributed by atoms with Crippen molar-refractivity contribution in [3.63, 3.8) is 0 Å². The van der Waals surface area contributed by atoms with Crippen LogP contribution in [0.4, 0.5) is 8.78 Å². The Kier molecular flexibility index (Phi) is 4.35. The van der Waals surface area contributed by atoms with E-state index in [0.29, 0.717) is 6.07 Å². The van der Waals surface area contributed by atoms with Crippen LogP contribution in [0.15, 0.2) is 18.2 Å². The molecule has 88 valence electrons. The van der Waals surface area contributed by atoms with Gasteiger partial charge >= 0.3 is 0 Å². The third-order valence-electron chi connectivity index (χ3n) is 1.64. The van der Waals surface area contributed by atoms with Crippen LogP contribution in [0.1, 0.15) is 5.56 Å². The SMILES string of the molecule is N=C(OCc1ccc(F)cc1F)C(Cl)(Cl)Cl. The summed E-state index contributed by atoms with van der Waals surface area (Å²) in [6.45, 7) is -0.307. The molecule has 0 aliphatic heterocycles. The maximum Gasteiger partial charge on any atom is 0.265 e. The number of rotatable bonds is 2. The van der Waals surface area contributed by atoms with Gasteiger partial charge < -0.3 is 4.74 Å². The summed E-state index contributed by atoms with van der Waals surface area (Å²) in [7, 11) is 0. The Morgan fingerprint density at radius 1 is 1.31 bits per heavy atom. The number of halogens is 5. The summed E-state index contributed by atoms with van der Waals surface area (Å²) >= 11 is 16.0. The van der Waals surface area contributed by atoms with Crippen LogP contribution in [-0.2, 0) is 11.3 Å². The molecule has 0 fully saturated rings. The van der Waals surface area contributed by atoms with E-state index in [1.54, 1.807) is 0 Å². The number of hydrogen-bond donors (Lipinski definition) is 1. The van der Waals surface area contributed by atoms with Gasteiger partial charge in [-0.1, -0.05) is 34.8 Å². The van der Waals surface area contributed by atoms with E-state index in [1.165, 1.54) is 6.07 Å².